The number of amides is 3. The Morgan fingerprint density at radius 3 is 2.24 bits per heavy atom. The quantitative estimate of drug-likeness (QED) is 0.560. The summed E-state index contributed by atoms with van der Waals surface area (Å²) in [6, 6.07) is 5.60. The molecule has 0 bridgehead atoms. The lowest BCUT2D eigenvalue weighted by atomic mass is 9.82. The number of nitrogens with zero attached hydrogens (tertiary/aromatic N) is 3. The minimum absolute atomic E-state index is 0.0958. The number of imide groups is 1. The maximum absolute atomic E-state index is 13.0. The fraction of sp³-hybridized carbons (Fsp3) is 0.700. The highest BCUT2D eigenvalue weighted by Gasteiger charge is 2.39. The maximum Gasteiger partial charge on any atom is 0.255 e. The number of nitrogens with one attached hydrogen (secondary N) is 2. The van der Waals surface area contributed by atoms with Gasteiger partial charge in [-0.05, 0) is 119 Å². The molecule has 38 heavy (non-hydrogen) atoms. The van der Waals surface area contributed by atoms with Gasteiger partial charge in [-0.2, -0.15) is 0 Å². The molecule has 1 aromatic rings. The number of benzene rings is 1. The van der Waals surface area contributed by atoms with Gasteiger partial charge in [0.05, 0.1) is 0 Å². The lowest BCUT2D eigenvalue weighted by Crippen LogP contribution is -2.52. The molecule has 1 aromatic carbocycles. The van der Waals surface area contributed by atoms with Crippen LogP contribution in [0.5, 0.6) is 0 Å². The fourth-order valence-electron chi connectivity index (χ4n) is 7.49. The molecular formula is C30H43N5O3. The van der Waals surface area contributed by atoms with Crippen LogP contribution in [-0.4, -0.2) is 79.4 Å². The van der Waals surface area contributed by atoms with Gasteiger partial charge in [-0.3, -0.25) is 19.7 Å². The Kier molecular flexibility index (Phi) is 7.70. The van der Waals surface area contributed by atoms with Crippen molar-refractivity contribution in [3.05, 3.63) is 29.3 Å². The molecule has 1 atom stereocenters. The Bertz CT molecular complexity index is 1040. The van der Waals surface area contributed by atoms with Crippen LogP contribution in [-0.2, 0) is 16.1 Å². The molecule has 0 aliphatic carbocycles. The SMILES string of the molecule is O=C1CCC(N2Cc3cc(N4CCC(CC5CCN(CC6CCNCC6)CC5)CC4)ccc3C2=O)C(=O)N1. The second kappa shape index (κ2) is 11.3. The van der Waals surface area contributed by atoms with Crippen LogP contribution in [0.4, 0.5) is 5.69 Å². The van der Waals surface area contributed by atoms with E-state index in [0.29, 0.717) is 18.5 Å². The Balaban J connectivity index is 0.968. The van der Waals surface area contributed by atoms with Crippen molar-refractivity contribution in [3.8, 4) is 0 Å². The number of likely N-dealkylation sites (tertiary alicyclic amines) is 1. The highest BCUT2D eigenvalue weighted by atomic mass is 16.2. The van der Waals surface area contributed by atoms with E-state index in [1.54, 1.807) is 4.90 Å². The third-order valence-electron chi connectivity index (χ3n) is 9.84. The van der Waals surface area contributed by atoms with Gasteiger partial charge in [0.1, 0.15) is 6.04 Å². The average Bonchev–Trinajstić information content (AvgIpc) is 3.26. The summed E-state index contributed by atoms with van der Waals surface area (Å²) in [6.45, 7) is 8.87. The van der Waals surface area contributed by atoms with E-state index in [-0.39, 0.29) is 24.1 Å². The number of fused-ring (bicyclic) bond motifs is 1. The number of carbonyl (C=O) groups excluding carboxylic acids is 3. The van der Waals surface area contributed by atoms with Gasteiger partial charge in [-0.25, -0.2) is 0 Å². The molecule has 4 saturated heterocycles. The van der Waals surface area contributed by atoms with Gasteiger partial charge in [-0.1, -0.05) is 0 Å². The minimum atomic E-state index is -0.553. The molecule has 8 nitrogen and oxygen atoms in total. The van der Waals surface area contributed by atoms with Crippen LogP contribution in [0.25, 0.3) is 0 Å². The predicted octanol–water partition coefficient (Wildman–Crippen LogP) is 2.77. The zero-order valence-corrected chi connectivity index (χ0v) is 22.6. The van der Waals surface area contributed by atoms with Crippen LogP contribution < -0.4 is 15.5 Å². The molecule has 5 aliphatic rings. The average molecular weight is 522 g/mol. The van der Waals surface area contributed by atoms with Crippen LogP contribution in [0.1, 0.15) is 73.7 Å². The highest BCUT2D eigenvalue weighted by molar-refractivity contribution is 6.05. The smallest absolute Gasteiger partial charge is 0.255 e. The van der Waals surface area contributed by atoms with Gasteiger partial charge in [0.15, 0.2) is 0 Å². The second-order valence-corrected chi connectivity index (χ2v) is 12.3. The van der Waals surface area contributed by atoms with E-state index in [1.165, 1.54) is 83.4 Å². The third-order valence-corrected chi connectivity index (χ3v) is 9.84. The number of carbonyl (C=O) groups is 3. The van der Waals surface area contributed by atoms with Crippen molar-refractivity contribution in [1.82, 2.24) is 20.4 Å². The van der Waals surface area contributed by atoms with E-state index in [9.17, 15) is 14.4 Å². The van der Waals surface area contributed by atoms with Crippen molar-refractivity contribution in [2.24, 2.45) is 17.8 Å². The highest BCUT2D eigenvalue weighted by Crippen LogP contribution is 2.34. The maximum atomic E-state index is 13.0. The number of anilines is 1. The van der Waals surface area contributed by atoms with Crippen molar-refractivity contribution in [1.29, 1.82) is 0 Å². The van der Waals surface area contributed by atoms with E-state index >= 15 is 0 Å². The molecule has 206 valence electrons. The van der Waals surface area contributed by atoms with Crippen LogP contribution in [0, 0.1) is 17.8 Å². The van der Waals surface area contributed by atoms with Crippen molar-refractivity contribution in [3.63, 3.8) is 0 Å². The number of hydrogen-bond donors (Lipinski definition) is 2. The molecular weight excluding hydrogens is 478 g/mol. The Hall–Kier alpha value is -2.45. The summed E-state index contributed by atoms with van der Waals surface area (Å²) in [6.07, 6.45) is 9.99. The lowest BCUT2D eigenvalue weighted by Gasteiger charge is -2.38. The van der Waals surface area contributed by atoms with Crippen molar-refractivity contribution in [2.75, 3.05) is 50.7 Å². The molecule has 3 amide bonds. The molecule has 1 unspecified atom stereocenters. The van der Waals surface area contributed by atoms with Crippen molar-refractivity contribution >= 4 is 23.4 Å². The van der Waals surface area contributed by atoms with Crippen LogP contribution >= 0.6 is 0 Å². The molecule has 5 aliphatic heterocycles. The summed E-state index contributed by atoms with van der Waals surface area (Å²) in [5.74, 6) is 1.92. The lowest BCUT2D eigenvalue weighted by molar-refractivity contribution is -0.136. The number of rotatable bonds is 6. The monoisotopic (exact) mass is 521 g/mol. The van der Waals surface area contributed by atoms with Gasteiger partial charge in [0.2, 0.25) is 11.8 Å². The van der Waals surface area contributed by atoms with E-state index in [4.69, 9.17) is 0 Å². The van der Waals surface area contributed by atoms with Crippen LogP contribution in [0.15, 0.2) is 18.2 Å². The number of hydrogen-bond acceptors (Lipinski definition) is 6. The standard InChI is InChI=1S/C30H43N5O3/c36-28-4-3-27(29(37)32-28)35-20-24-18-25(1-2-26(24)30(35)38)34-15-9-22(10-16-34)17-21-7-13-33(14-8-21)19-23-5-11-31-12-6-23/h1-2,18,21-23,27,31H,3-17,19-20H2,(H,32,36,37). The molecule has 8 heteroatoms. The molecule has 5 heterocycles. The van der Waals surface area contributed by atoms with E-state index in [1.807, 2.05) is 6.07 Å². The summed E-state index contributed by atoms with van der Waals surface area (Å²) in [4.78, 5) is 43.7. The van der Waals surface area contributed by atoms with Crippen LogP contribution in [0.2, 0.25) is 0 Å². The van der Waals surface area contributed by atoms with Gasteiger partial charge in [0.25, 0.3) is 5.91 Å². The largest absolute Gasteiger partial charge is 0.372 e. The topological polar surface area (TPSA) is 85.0 Å². The number of piperidine rings is 4. The molecule has 6 rings (SSSR count). The molecule has 4 fully saturated rings. The van der Waals surface area contributed by atoms with Gasteiger partial charge < -0.3 is 20.0 Å². The zero-order chi connectivity index (χ0) is 26.1. The molecule has 0 aromatic heterocycles. The first kappa shape index (κ1) is 25.8. The molecule has 2 N–H and O–H groups in total. The normalized spacial score (nSPS) is 26.6. The first-order chi connectivity index (χ1) is 18.5. The van der Waals surface area contributed by atoms with Gasteiger partial charge in [-0.15, -0.1) is 0 Å². The molecule has 0 radical (unpaired) electrons. The summed E-state index contributed by atoms with van der Waals surface area (Å²) >= 11 is 0. The van der Waals surface area contributed by atoms with Gasteiger partial charge in [0, 0.05) is 43.9 Å². The van der Waals surface area contributed by atoms with Crippen LogP contribution in [0.3, 0.4) is 0 Å². The first-order valence-electron chi connectivity index (χ1n) is 15.0. The predicted molar refractivity (Wildman–Crippen MR) is 147 cm³/mol. The zero-order valence-electron chi connectivity index (χ0n) is 22.6. The first-order valence-corrected chi connectivity index (χ1v) is 15.0. The minimum Gasteiger partial charge on any atom is -0.372 e. The summed E-state index contributed by atoms with van der Waals surface area (Å²) in [5.41, 5.74) is 2.88. The van der Waals surface area contributed by atoms with Crippen molar-refractivity contribution < 1.29 is 14.4 Å². The summed E-state index contributed by atoms with van der Waals surface area (Å²) in [7, 11) is 0. The summed E-state index contributed by atoms with van der Waals surface area (Å²) < 4.78 is 0. The third kappa shape index (κ3) is 5.62. The molecule has 0 spiro atoms. The Morgan fingerprint density at radius 1 is 0.816 bits per heavy atom. The van der Waals surface area contributed by atoms with E-state index in [2.05, 4.69) is 32.6 Å². The van der Waals surface area contributed by atoms with E-state index < -0.39 is 6.04 Å². The summed E-state index contributed by atoms with van der Waals surface area (Å²) in [5, 5.41) is 5.87. The Labute approximate surface area is 226 Å². The van der Waals surface area contributed by atoms with Gasteiger partial charge >= 0.3 is 0 Å². The van der Waals surface area contributed by atoms with E-state index in [0.717, 1.165) is 36.4 Å². The Morgan fingerprint density at radius 2 is 1.53 bits per heavy atom. The van der Waals surface area contributed by atoms with Crippen molar-refractivity contribution in [2.45, 2.75) is 70.4 Å². The second-order valence-electron chi connectivity index (χ2n) is 12.3. The fourth-order valence-corrected chi connectivity index (χ4v) is 7.49. The molecule has 0 saturated carbocycles.